The first-order valence-corrected chi connectivity index (χ1v) is 3.15. The molecule has 9 heavy (non-hydrogen) atoms. The first-order chi connectivity index (χ1) is 3.79. The van der Waals surface area contributed by atoms with Crippen molar-refractivity contribution in [1.82, 2.24) is 0 Å². The molecule has 0 spiro atoms. The van der Waals surface area contributed by atoms with E-state index in [2.05, 4.69) is 0 Å². The molecule has 1 saturated carbocycles. The van der Waals surface area contributed by atoms with Crippen LogP contribution >= 0.6 is 0 Å². The van der Waals surface area contributed by atoms with Crippen molar-refractivity contribution in [2.45, 2.75) is 45.3 Å². The summed E-state index contributed by atoms with van der Waals surface area (Å²) in [4.78, 5) is 0. The SMILES string of the molecule is C.OC1CCC(O)CC1. The fourth-order valence-electron chi connectivity index (χ4n) is 1.06. The van der Waals surface area contributed by atoms with Crippen molar-refractivity contribution in [1.29, 1.82) is 0 Å². The maximum absolute atomic E-state index is 8.92. The molecule has 2 N–H and O–H groups in total. The Morgan fingerprint density at radius 2 is 1.00 bits per heavy atom. The molecule has 0 bridgehead atoms. The second-order valence-corrected chi connectivity index (χ2v) is 2.46. The quantitative estimate of drug-likeness (QED) is 0.514. The highest BCUT2D eigenvalue weighted by Gasteiger charge is 2.15. The van der Waals surface area contributed by atoms with Crippen LogP contribution in [0.1, 0.15) is 33.1 Å². The first-order valence-electron chi connectivity index (χ1n) is 3.15. The van der Waals surface area contributed by atoms with Gasteiger partial charge >= 0.3 is 0 Å². The van der Waals surface area contributed by atoms with Crippen molar-refractivity contribution in [2.24, 2.45) is 0 Å². The Kier molecular flexibility index (Phi) is 3.82. The van der Waals surface area contributed by atoms with Crippen LogP contribution in [0.4, 0.5) is 0 Å². The zero-order valence-electron chi connectivity index (χ0n) is 4.88. The van der Waals surface area contributed by atoms with E-state index in [9.17, 15) is 0 Å². The summed E-state index contributed by atoms with van der Waals surface area (Å²) in [5.74, 6) is 0. The molecule has 1 aliphatic rings. The number of rotatable bonds is 0. The van der Waals surface area contributed by atoms with E-state index in [1.54, 1.807) is 0 Å². The van der Waals surface area contributed by atoms with E-state index in [0.717, 1.165) is 25.7 Å². The largest absolute Gasteiger partial charge is 0.393 e. The van der Waals surface area contributed by atoms with Crippen LogP contribution < -0.4 is 0 Å². The molecule has 0 aromatic carbocycles. The Labute approximate surface area is 56.5 Å². The minimum Gasteiger partial charge on any atom is -0.393 e. The summed E-state index contributed by atoms with van der Waals surface area (Å²) >= 11 is 0. The lowest BCUT2D eigenvalue weighted by atomic mass is 9.95. The van der Waals surface area contributed by atoms with E-state index in [0.29, 0.717) is 0 Å². The van der Waals surface area contributed by atoms with Gasteiger partial charge in [-0.05, 0) is 25.7 Å². The van der Waals surface area contributed by atoms with Gasteiger partial charge in [0, 0.05) is 0 Å². The Morgan fingerprint density at radius 1 is 0.778 bits per heavy atom. The zero-order chi connectivity index (χ0) is 5.98. The highest BCUT2D eigenvalue weighted by Crippen LogP contribution is 2.17. The fourth-order valence-corrected chi connectivity index (χ4v) is 1.06. The van der Waals surface area contributed by atoms with E-state index in [-0.39, 0.29) is 19.6 Å². The van der Waals surface area contributed by atoms with Crippen LogP contribution in [0.2, 0.25) is 0 Å². The molecule has 0 aromatic heterocycles. The van der Waals surface area contributed by atoms with E-state index < -0.39 is 0 Å². The molecular formula is C7H16O2. The third kappa shape index (κ3) is 2.82. The Bertz CT molecular complexity index is 55.3. The molecule has 0 unspecified atom stereocenters. The summed E-state index contributed by atoms with van der Waals surface area (Å²) in [5.41, 5.74) is 0. The van der Waals surface area contributed by atoms with Crippen molar-refractivity contribution in [3.8, 4) is 0 Å². The van der Waals surface area contributed by atoms with E-state index >= 15 is 0 Å². The van der Waals surface area contributed by atoms with Crippen LogP contribution in [0.25, 0.3) is 0 Å². The van der Waals surface area contributed by atoms with E-state index in [1.165, 1.54) is 0 Å². The lowest BCUT2D eigenvalue weighted by molar-refractivity contribution is 0.0541. The third-order valence-electron chi connectivity index (χ3n) is 1.67. The van der Waals surface area contributed by atoms with Gasteiger partial charge in [-0.2, -0.15) is 0 Å². The van der Waals surface area contributed by atoms with E-state index in [1.807, 2.05) is 0 Å². The molecule has 1 fully saturated rings. The van der Waals surface area contributed by atoms with Crippen molar-refractivity contribution in [3.63, 3.8) is 0 Å². The molecular weight excluding hydrogens is 116 g/mol. The molecule has 56 valence electrons. The molecule has 0 atom stereocenters. The number of hydrogen-bond donors (Lipinski definition) is 2. The summed E-state index contributed by atoms with van der Waals surface area (Å²) in [7, 11) is 0. The molecule has 0 heterocycles. The van der Waals surface area contributed by atoms with Gasteiger partial charge in [-0.1, -0.05) is 7.43 Å². The summed E-state index contributed by atoms with van der Waals surface area (Å²) in [6.07, 6.45) is 2.83. The van der Waals surface area contributed by atoms with Crippen molar-refractivity contribution < 1.29 is 10.2 Å². The summed E-state index contributed by atoms with van der Waals surface area (Å²) < 4.78 is 0. The van der Waals surface area contributed by atoms with Crippen LogP contribution in [0.3, 0.4) is 0 Å². The van der Waals surface area contributed by atoms with Crippen LogP contribution in [0, 0.1) is 0 Å². The number of hydrogen-bond acceptors (Lipinski definition) is 2. The summed E-state index contributed by atoms with van der Waals surface area (Å²) in [6.45, 7) is 0. The normalized spacial score (nSPS) is 35.3. The summed E-state index contributed by atoms with van der Waals surface area (Å²) in [6, 6.07) is 0. The molecule has 0 aromatic rings. The van der Waals surface area contributed by atoms with Crippen LogP contribution in [0.15, 0.2) is 0 Å². The van der Waals surface area contributed by atoms with E-state index in [4.69, 9.17) is 10.2 Å². The zero-order valence-corrected chi connectivity index (χ0v) is 4.88. The van der Waals surface area contributed by atoms with Crippen molar-refractivity contribution >= 4 is 0 Å². The minimum atomic E-state index is -0.140. The smallest absolute Gasteiger partial charge is 0.0542 e. The standard InChI is InChI=1S/C6H12O2.CH4/c7-5-1-2-6(8)4-3-5;/h5-8H,1-4H2;1H4. The highest BCUT2D eigenvalue weighted by atomic mass is 16.3. The Hall–Kier alpha value is -0.0800. The topological polar surface area (TPSA) is 40.5 Å². The monoisotopic (exact) mass is 132 g/mol. The summed E-state index contributed by atoms with van der Waals surface area (Å²) in [5, 5.41) is 17.8. The fraction of sp³-hybridized carbons (Fsp3) is 1.00. The number of aliphatic hydroxyl groups is 2. The molecule has 0 radical (unpaired) electrons. The lowest BCUT2D eigenvalue weighted by Gasteiger charge is -2.20. The highest BCUT2D eigenvalue weighted by molar-refractivity contribution is 4.69. The van der Waals surface area contributed by atoms with Crippen LogP contribution in [-0.2, 0) is 0 Å². The van der Waals surface area contributed by atoms with Crippen molar-refractivity contribution in [2.75, 3.05) is 0 Å². The van der Waals surface area contributed by atoms with Gasteiger partial charge in [0.2, 0.25) is 0 Å². The van der Waals surface area contributed by atoms with Gasteiger partial charge in [-0.15, -0.1) is 0 Å². The van der Waals surface area contributed by atoms with Gasteiger partial charge in [0.05, 0.1) is 12.2 Å². The second kappa shape index (κ2) is 3.85. The van der Waals surface area contributed by atoms with Crippen LogP contribution in [-0.4, -0.2) is 22.4 Å². The molecule has 2 heteroatoms. The van der Waals surface area contributed by atoms with Gasteiger partial charge in [-0.25, -0.2) is 0 Å². The molecule has 2 nitrogen and oxygen atoms in total. The Balaban J connectivity index is 0.000000640. The van der Waals surface area contributed by atoms with Gasteiger partial charge in [0.1, 0.15) is 0 Å². The lowest BCUT2D eigenvalue weighted by Crippen LogP contribution is -2.21. The minimum absolute atomic E-state index is 0. The third-order valence-corrected chi connectivity index (χ3v) is 1.67. The molecule has 1 aliphatic carbocycles. The van der Waals surface area contributed by atoms with Gasteiger partial charge < -0.3 is 10.2 Å². The first kappa shape index (κ1) is 8.92. The van der Waals surface area contributed by atoms with Gasteiger partial charge in [0.25, 0.3) is 0 Å². The predicted octanol–water partition coefficient (Wildman–Crippen LogP) is 0.918. The maximum atomic E-state index is 8.92. The van der Waals surface area contributed by atoms with Crippen LogP contribution in [0.5, 0.6) is 0 Å². The van der Waals surface area contributed by atoms with Gasteiger partial charge in [0.15, 0.2) is 0 Å². The predicted molar refractivity (Wildman–Crippen MR) is 37.2 cm³/mol. The van der Waals surface area contributed by atoms with Gasteiger partial charge in [-0.3, -0.25) is 0 Å². The number of aliphatic hydroxyl groups excluding tert-OH is 2. The second-order valence-electron chi connectivity index (χ2n) is 2.46. The average Bonchev–Trinajstić information content (AvgIpc) is 1.77. The Morgan fingerprint density at radius 3 is 1.22 bits per heavy atom. The maximum Gasteiger partial charge on any atom is 0.0542 e. The average molecular weight is 132 g/mol. The molecule has 1 rings (SSSR count). The molecule has 0 saturated heterocycles. The molecule has 0 aliphatic heterocycles. The van der Waals surface area contributed by atoms with Crippen molar-refractivity contribution in [3.05, 3.63) is 0 Å². The molecule has 0 amide bonds.